The Hall–Kier alpha value is -3.88. The predicted molar refractivity (Wildman–Crippen MR) is 311 cm³/mol. The first kappa shape index (κ1) is 73.2. The van der Waals surface area contributed by atoms with Crippen LogP contribution in [0, 0.1) is 53.9 Å². The molecule has 20 heteroatoms. The van der Waals surface area contributed by atoms with Gasteiger partial charge < -0.3 is 72.0 Å². The second kappa shape index (κ2) is 45.5. The zero-order chi connectivity index (χ0) is 56.7. The van der Waals surface area contributed by atoms with Crippen LogP contribution in [-0.2, 0) is 45.5 Å². The molecule has 12 nitrogen and oxygen atoms in total. The summed E-state index contributed by atoms with van der Waals surface area (Å²) < 4.78 is 31.7. The topological polar surface area (TPSA) is 159 Å². The minimum atomic E-state index is 0. The van der Waals surface area contributed by atoms with Crippen molar-refractivity contribution in [2.24, 2.45) is 0 Å². The summed E-state index contributed by atoms with van der Waals surface area (Å²) in [6.45, 7) is 17.3. The number of rotatable bonds is 4. The Balaban J connectivity index is 0.000000570. The van der Waals surface area contributed by atoms with Crippen molar-refractivity contribution in [3.63, 3.8) is 0 Å². The molecule has 0 N–H and O–H groups in total. The summed E-state index contributed by atoms with van der Waals surface area (Å²) in [5.74, 6) is 3.91. The van der Waals surface area contributed by atoms with E-state index >= 15 is 0 Å². The minimum Gasteiger partial charge on any atom is -0.628 e. The molecule has 8 bridgehead atoms. The molecule has 0 unspecified atom stereocenters. The van der Waals surface area contributed by atoms with Crippen molar-refractivity contribution in [2.75, 3.05) is 88.7 Å². The number of hydrogen-bond donors (Lipinski definition) is 0. The van der Waals surface area contributed by atoms with Crippen molar-refractivity contribution in [1.82, 2.24) is 19.9 Å². The zero-order valence-electron chi connectivity index (χ0n) is 44.4. The SMILES string of the molecule is ClCCl.ClCCl.ClCCl.[C-]#N.[C-]#N.[CH-]1COCCOCCOCCOCCOCCO1.[Fe+2].[K+].c1ccc([C+]2c3ccc([n-]3)[C+](c3ccccc3)c3ccc([n-]3)[C+](c3ccccc3)c3ccc([n-]3)[C+](c3ccccc3)c3ccc2[n-]3)cc1. The van der Waals surface area contributed by atoms with Gasteiger partial charge in [0.2, 0.25) is 0 Å². The van der Waals surface area contributed by atoms with E-state index in [4.69, 9.17) is 142 Å². The Morgan fingerprint density at radius 2 is 0.519 bits per heavy atom. The van der Waals surface area contributed by atoms with E-state index in [0.717, 1.165) is 91.5 Å². The van der Waals surface area contributed by atoms with Crippen LogP contribution in [-0.4, -0.2) is 88.7 Å². The standard InChI is InChI=1S/C44H28N4.C12H23O6.3CH2Cl2.2CN.Fe.K/c1-5-13-29(14-6-1)41-33-21-23-35(45-33)42(30-15-7-2-8-16-30)37-25-27-39(47-37)44(32-19-11-4-12-20-32)40-28-26-38(48-40)43(31-17-9-3-10-18-31)36-24-22-34(41)46-36;1-2-14-5-6-16-9-10-18-12-11-17-8-7-15-4-3-13-1;3*2-1-3;2*1-2;;/h1-28H;1H,2-12H2;3*1H2;;;;/q;-1;;;;2*-1;+2;+1. The maximum atomic E-state index is 6.25. The molecular formula is C61H57Cl6FeKN6O6. The molecule has 0 spiro atoms. The molecule has 2 aliphatic rings. The first-order chi connectivity index (χ1) is 39.0. The number of alkyl halides is 6. The van der Waals surface area contributed by atoms with Gasteiger partial charge in [-0.3, -0.25) is 0 Å². The third-order valence-corrected chi connectivity index (χ3v) is 11.0. The van der Waals surface area contributed by atoms with Gasteiger partial charge in [0.25, 0.3) is 0 Å². The Labute approximate surface area is 560 Å². The van der Waals surface area contributed by atoms with Crippen LogP contribution in [0.1, 0.15) is 67.8 Å². The van der Waals surface area contributed by atoms with Crippen molar-refractivity contribution in [2.45, 2.75) is 0 Å². The number of aromatic nitrogens is 4. The van der Waals surface area contributed by atoms with Gasteiger partial charge in [-0.25, -0.2) is 0 Å². The second-order valence-corrected chi connectivity index (χ2v) is 18.1. The summed E-state index contributed by atoms with van der Waals surface area (Å²) in [5.41, 5.74) is 11.1. The Morgan fingerprint density at radius 1 is 0.333 bits per heavy atom. The third-order valence-electron chi connectivity index (χ3n) is 11.0. The second-order valence-electron chi connectivity index (χ2n) is 15.7. The molecule has 0 atom stereocenters. The summed E-state index contributed by atoms with van der Waals surface area (Å²) in [6, 6.07) is 58.4. The predicted octanol–water partition coefficient (Wildman–Crippen LogP) is 9.63. The minimum absolute atomic E-state index is 0. The number of hydrogen-bond acceptors (Lipinski definition) is 8. The van der Waals surface area contributed by atoms with Gasteiger partial charge in [0.05, 0.1) is 97.7 Å². The van der Waals surface area contributed by atoms with Crippen LogP contribution in [0.4, 0.5) is 0 Å². The third kappa shape index (κ3) is 24.7. The molecule has 418 valence electrons. The van der Waals surface area contributed by atoms with Gasteiger partial charge in [-0.05, 0) is 118 Å². The number of halogens is 6. The fourth-order valence-corrected chi connectivity index (χ4v) is 7.94. The molecule has 2 aliphatic heterocycles. The van der Waals surface area contributed by atoms with Crippen molar-refractivity contribution in [1.29, 1.82) is 10.5 Å². The van der Waals surface area contributed by atoms with Gasteiger partial charge in [-0.2, -0.15) is 6.61 Å². The molecule has 8 aromatic rings. The van der Waals surface area contributed by atoms with Crippen LogP contribution in [0.15, 0.2) is 170 Å². The fraction of sp³-hybridized carbons (Fsp3) is 0.230. The quantitative estimate of drug-likeness (QED) is 0.0935. The van der Waals surface area contributed by atoms with E-state index in [9.17, 15) is 0 Å². The number of ether oxygens (including phenoxy) is 6. The van der Waals surface area contributed by atoms with Crippen LogP contribution < -0.4 is 71.3 Å². The molecule has 0 radical (unpaired) electrons. The molecule has 1 saturated heterocycles. The van der Waals surface area contributed by atoms with Crippen LogP contribution in [0.25, 0.3) is 0 Å². The van der Waals surface area contributed by atoms with Gasteiger partial charge in [-0.1, -0.05) is 6.61 Å². The van der Waals surface area contributed by atoms with Gasteiger partial charge >= 0.3 is 68.5 Å². The summed E-state index contributed by atoms with van der Waals surface area (Å²) in [5, 5.41) is 13.1. The molecule has 6 heterocycles. The Morgan fingerprint density at radius 3 is 0.728 bits per heavy atom. The molecule has 10 rings (SSSR count). The first-order valence-electron chi connectivity index (χ1n) is 24.4. The van der Waals surface area contributed by atoms with E-state index in [-0.39, 0.29) is 84.5 Å². The van der Waals surface area contributed by atoms with Gasteiger partial charge in [0, 0.05) is 127 Å². The molecule has 1 fully saturated rings. The molecule has 4 aromatic heterocycles. The Bertz CT molecular complexity index is 2320. The van der Waals surface area contributed by atoms with Crippen molar-refractivity contribution >= 4 is 69.6 Å². The molecular weight excluding hydrogens is 1220 g/mol. The van der Waals surface area contributed by atoms with Crippen LogP contribution >= 0.6 is 69.6 Å². The number of fused-ring (bicyclic) bond motifs is 8. The normalized spacial score (nSPS) is 13.7. The summed E-state index contributed by atoms with van der Waals surface area (Å²) >= 11 is 28.6. The van der Waals surface area contributed by atoms with Gasteiger partial charge in [0.1, 0.15) is 0 Å². The van der Waals surface area contributed by atoms with E-state index < -0.39 is 0 Å². The first-order valence-corrected chi connectivity index (χ1v) is 27.7. The maximum absolute atomic E-state index is 6.25. The van der Waals surface area contributed by atoms with Crippen molar-refractivity contribution in [3.8, 4) is 0 Å². The maximum Gasteiger partial charge on any atom is 2.00 e. The molecule has 81 heavy (non-hydrogen) atoms. The Kier molecular flexibility index (Phi) is 41.2. The number of nitrogens with zero attached hydrogens (tertiary/aromatic N) is 6. The van der Waals surface area contributed by atoms with Crippen LogP contribution in [0.5, 0.6) is 0 Å². The number of benzene rings is 4. The van der Waals surface area contributed by atoms with E-state index in [1.165, 1.54) is 0 Å². The van der Waals surface area contributed by atoms with Gasteiger partial charge in [0.15, 0.2) is 0 Å². The molecule has 0 amide bonds. The van der Waals surface area contributed by atoms with E-state index in [1.54, 1.807) is 6.61 Å². The average Bonchev–Trinajstić information content (AvgIpc) is 4.54. The van der Waals surface area contributed by atoms with E-state index in [1.807, 2.05) is 24.3 Å². The van der Waals surface area contributed by atoms with Crippen LogP contribution in [0.3, 0.4) is 0 Å². The molecule has 0 saturated carbocycles. The smallest absolute Gasteiger partial charge is 0.628 e. The van der Waals surface area contributed by atoms with Gasteiger partial charge in [-0.15, -0.1) is 69.6 Å². The summed E-state index contributed by atoms with van der Waals surface area (Å²) in [4.78, 5) is 21.2. The zero-order valence-corrected chi connectivity index (χ0v) is 53.2. The van der Waals surface area contributed by atoms with Crippen molar-refractivity contribution < 1.29 is 96.9 Å². The van der Waals surface area contributed by atoms with E-state index in [0.29, 0.717) is 72.7 Å². The molecule has 0 aliphatic carbocycles. The fourth-order valence-electron chi connectivity index (χ4n) is 7.94. The average molecular weight is 1280 g/mol. The summed E-state index contributed by atoms with van der Waals surface area (Å²) in [7, 11) is 0. The largest absolute Gasteiger partial charge is 2.00 e. The monoisotopic (exact) mass is 1270 g/mol. The summed E-state index contributed by atoms with van der Waals surface area (Å²) in [6.07, 6.45) is 0. The van der Waals surface area contributed by atoms with E-state index in [2.05, 4.69) is 146 Å². The van der Waals surface area contributed by atoms with Crippen LogP contribution in [0.2, 0.25) is 0 Å². The molecule has 4 aromatic carbocycles. The van der Waals surface area contributed by atoms with Crippen molar-refractivity contribution in [3.05, 3.63) is 281 Å².